The first kappa shape index (κ1) is 21.6. The number of hydrogen-bond donors (Lipinski definition) is 2. The molecule has 0 atom stereocenters. The van der Waals surface area contributed by atoms with Crippen molar-refractivity contribution >= 4 is 38.4 Å². The number of rotatable bonds is 4. The summed E-state index contributed by atoms with van der Waals surface area (Å²) in [5, 5.41) is 5.46. The summed E-state index contributed by atoms with van der Waals surface area (Å²) < 4.78 is 20.0. The Labute approximate surface area is 206 Å². The van der Waals surface area contributed by atoms with Crippen LogP contribution in [0.2, 0.25) is 0 Å². The van der Waals surface area contributed by atoms with Crippen LogP contribution < -0.4 is 10.2 Å². The van der Waals surface area contributed by atoms with E-state index in [1.54, 1.807) is 11.3 Å². The standard InChI is InChI=1S/C25H28FN7OS/c26-16-11-18(17-1-4-28-19(17)12-16)22-30-23(33-7-9-34-10-8-33)21-24(31-22)35-20(29-21)13-32-14-25(15-32)2-5-27-6-3-25/h1,4,11-12,27-28H,2-3,5-10,13-15H2. The molecule has 0 bridgehead atoms. The van der Waals surface area contributed by atoms with E-state index in [0.717, 1.165) is 77.9 Å². The first-order valence-electron chi connectivity index (χ1n) is 12.4. The number of ether oxygens (including phenoxy) is 1. The molecule has 6 heterocycles. The second kappa shape index (κ2) is 8.48. The third-order valence-electron chi connectivity index (χ3n) is 7.61. The van der Waals surface area contributed by atoms with Crippen molar-refractivity contribution in [1.29, 1.82) is 0 Å². The van der Waals surface area contributed by atoms with Gasteiger partial charge in [0.25, 0.3) is 0 Å². The Kier molecular flexibility index (Phi) is 5.23. The van der Waals surface area contributed by atoms with Gasteiger partial charge in [0, 0.05) is 48.8 Å². The summed E-state index contributed by atoms with van der Waals surface area (Å²) in [6.45, 7) is 8.22. The molecule has 3 aliphatic heterocycles. The zero-order valence-electron chi connectivity index (χ0n) is 19.5. The summed E-state index contributed by atoms with van der Waals surface area (Å²) >= 11 is 1.63. The number of halogens is 1. The van der Waals surface area contributed by atoms with E-state index >= 15 is 0 Å². The minimum atomic E-state index is -0.304. The number of benzene rings is 1. The van der Waals surface area contributed by atoms with Crippen molar-refractivity contribution in [3.8, 4) is 11.4 Å². The molecule has 3 aromatic heterocycles. The summed E-state index contributed by atoms with van der Waals surface area (Å²) in [5.41, 5.74) is 2.77. The van der Waals surface area contributed by atoms with Crippen LogP contribution in [-0.2, 0) is 11.3 Å². The van der Waals surface area contributed by atoms with Crippen LogP contribution in [0.25, 0.3) is 32.6 Å². The Balaban J connectivity index is 1.26. The number of fused-ring (bicyclic) bond motifs is 2. The molecule has 3 fully saturated rings. The molecule has 3 saturated heterocycles. The van der Waals surface area contributed by atoms with E-state index in [-0.39, 0.29) is 5.82 Å². The quantitative estimate of drug-likeness (QED) is 0.451. The lowest BCUT2D eigenvalue weighted by atomic mass is 9.72. The lowest BCUT2D eigenvalue weighted by Gasteiger charge is -2.52. The highest BCUT2D eigenvalue weighted by Crippen LogP contribution is 2.40. The Morgan fingerprint density at radius 3 is 2.74 bits per heavy atom. The van der Waals surface area contributed by atoms with Crippen LogP contribution in [0, 0.1) is 11.2 Å². The molecular formula is C25H28FN7OS. The van der Waals surface area contributed by atoms with E-state index in [9.17, 15) is 4.39 Å². The summed E-state index contributed by atoms with van der Waals surface area (Å²) in [7, 11) is 0. The molecule has 8 nitrogen and oxygen atoms in total. The third kappa shape index (κ3) is 3.88. The number of nitrogens with one attached hydrogen (secondary N) is 2. The highest BCUT2D eigenvalue weighted by molar-refractivity contribution is 7.18. The van der Waals surface area contributed by atoms with Crippen molar-refractivity contribution in [3.63, 3.8) is 0 Å². The number of aromatic amines is 1. The van der Waals surface area contributed by atoms with E-state index < -0.39 is 0 Å². The normalized spacial score (nSPS) is 20.7. The smallest absolute Gasteiger partial charge is 0.164 e. The lowest BCUT2D eigenvalue weighted by molar-refractivity contribution is -0.0282. The molecule has 1 spiro atoms. The van der Waals surface area contributed by atoms with Crippen LogP contribution in [0.3, 0.4) is 0 Å². The molecule has 0 aliphatic carbocycles. The zero-order chi connectivity index (χ0) is 23.4. The number of piperidine rings is 1. The molecule has 35 heavy (non-hydrogen) atoms. The fourth-order valence-electron chi connectivity index (χ4n) is 5.83. The fourth-order valence-corrected chi connectivity index (χ4v) is 6.80. The van der Waals surface area contributed by atoms with E-state index in [4.69, 9.17) is 19.7 Å². The van der Waals surface area contributed by atoms with Crippen LogP contribution in [0.1, 0.15) is 17.8 Å². The highest BCUT2D eigenvalue weighted by Gasteiger charge is 2.43. The minimum Gasteiger partial charge on any atom is -0.378 e. The average Bonchev–Trinajstić information content (AvgIpc) is 3.49. The maximum Gasteiger partial charge on any atom is 0.164 e. The van der Waals surface area contributed by atoms with Gasteiger partial charge < -0.3 is 19.9 Å². The summed E-state index contributed by atoms with van der Waals surface area (Å²) in [6, 6.07) is 4.98. The number of aromatic nitrogens is 4. The molecule has 10 heteroatoms. The monoisotopic (exact) mass is 493 g/mol. The predicted molar refractivity (Wildman–Crippen MR) is 135 cm³/mol. The molecule has 2 N–H and O–H groups in total. The van der Waals surface area contributed by atoms with Crippen LogP contribution in [0.5, 0.6) is 0 Å². The SMILES string of the molecule is Fc1cc(-c2nc(N3CCOCC3)c3nc(CN4CC5(CCNCC5)C4)sc3n2)c2cc[nH]c2c1. The van der Waals surface area contributed by atoms with Crippen molar-refractivity contribution in [2.45, 2.75) is 19.4 Å². The van der Waals surface area contributed by atoms with E-state index in [2.05, 4.69) is 20.1 Å². The maximum absolute atomic E-state index is 14.5. The first-order valence-corrected chi connectivity index (χ1v) is 13.2. The topological polar surface area (TPSA) is 82.2 Å². The van der Waals surface area contributed by atoms with Gasteiger partial charge in [0.15, 0.2) is 11.6 Å². The second-order valence-electron chi connectivity index (χ2n) is 10.0. The number of H-pyrrole nitrogens is 1. The first-order chi connectivity index (χ1) is 17.2. The van der Waals surface area contributed by atoms with Crippen molar-refractivity contribution in [2.24, 2.45) is 5.41 Å². The largest absolute Gasteiger partial charge is 0.378 e. The maximum atomic E-state index is 14.5. The lowest BCUT2D eigenvalue weighted by Crippen LogP contribution is -2.59. The van der Waals surface area contributed by atoms with Crippen LogP contribution in [0.15, 0.2) is 24.4 Å². The number of anilines is 1. The third-order valence-corrected chi connectivity index (χ3v) is 8.54. The molecule has 1 aromatic carbocycles. The van der Waals surface area contributed by atoms with Crippen LogP contribution in [-0.4, -0.2) is 77.3 Å². The fraction of sp³-hybridized carbons (Fsp3) is 0.480. The molecule has 0 radical (unpaired) electrons. The van der Waals surface area contributed by atoms with E-state index in [1.807, 2.05) is 12.3 Å². The van der Waals surface area contributed by atoms with Crippen molar-refractivity contribution in [2.75, 3.05) is 57.4 Å². The molecular weight excluding hydrogens is 465 g/mol. The van der Waals surface area contributed by atoms with Crippen molar-refractivity contribution < 1.29 is 9.13 Å². The van der Waals surface area contributed by atoms with Gasteiger partial charge in [-0.1, -0.05) is 11.3 Å². The Bertz CT molecular complexity index is 1380. The van der Waals surface area contributed by atoms with Crippen LogP contribution >= 0.6 is 11.3 Å². The second-order valence-corrected chi connectivity index (χ2v) is 11.1. The molecule has 0 amide bonds. The zero-order valence-corrected chi connectivity index (χ0v) is 20.3. The summed E-state index contributed by atoms with van der Waals surface area (Å²) in [5.74, 6) is 1.05. The summed E-state index contributed by atoms with van der Waals surface area (Å²) in [4.78, 5) is 23.6. The molecule has 7 rings (SSSR count). The minimum absolute atomic E-state index is 0.304. The van der Waals surface area contributed by atoms with Gasteiger partial charge in [0.05, 0.1) is 19.8 Å². The molecule has 3 aliphatic rings. The van der Waals surface area contributed by atoms with Gasteiger partial charge in [0.2, 0.25) is 0 Å². The van der Waals surface area contributed by atoms with Gasteiger partial charge in [-0.25, -0.2) is 19.3 Å². The highest BCUT2D eigenvalue weighted by atomic mass is 32.1. The van der Waals surface area contributed by atoms with Gasteiger partial charge in [0.1, 0.15) is 21.2 Å². The van der Waals surface area contributed by atoms with E-state index in [1.165, 1.54) is 25.0 Å². The van der Waals surface area contributed by atoms with Crippen LogP contribution in [0.4, 0.5) is 10.2 Å². The van der Waals surface area contributed by atoms with Gasteiger partial charge in [-0.2, -0.15) is 0 Å². The predicted octanol–water partition coefficient (Wildman–Crippen LogP) is 3.40. The molecule has 0 saturated carbocycles. The van der Waals surface area contributed by atoms with Gasteiger partial charge in [-0.15, -0.1) is 0 Å². The van der Waals surface area contributed by atoms with E-state index in [0.29, 0.717) is 30.0 Å². The Morgan fingerprint density at radius 2 is 1.91 bits per heavy atom. The Morgan fingerprint density at radius 1 is 1.09 bits per heavy atom. The number of hydrogen-bond acceptors (Lipinski definition) is 8. The average molecular weight is 494 g/mol. The van der Waals surface area contributed by atoms with Crippen molar-refractivity contribution in [3.05, 3.63) is 35.2 Å². The van der Waals surface area contributed by atoms with Gasteiger partial charge in [-0.3, -0.25) is 4.90 Å². The Hall–Kier alpha value is -2.66. The number of morpholine rings is 1. The number of likely N-dealkylation sites (tertiary alicyclic amines) is 1. The van der Waals surface area contributed by atoms with Crippen molar-refractivity contribution in [1.82, 2.24) is 30.2 Å². The summed E-state index contributed by atoms with van der Waals surface area (Å²) in [6.07, 6.45) is 4.35. The molecule has 4 aromatic rings. The number of thiazole rings is 1. The van der Waals surface area contributed by atoms with Gasteiger partial charge >= 0.3 is 0 Å². The molecule has 0 unspecified atom stereocenters. The van der Waals surface area contributed by atoms with Gasteiger partial charge in [-0.05, 0) is 49.5 Å². The molecule has 182 valence electrons. The number of nitrogens with zero attached hydrogens (tertiary/aromatic N) is 5.